The van der Waals surface area contributed by atoms with E-state index in [2.05, 4.69) is 5.32 Å². The molecule has 0 unspecified atom stereocenters. The molecule has 0 atom stereocenters. The maximum Gasteiger partial charge on any atom is 0.253 e. The summed E-state index contributed by atoms with van der Waals surface area (Å²) in [7, 11) is 2.56. The number of nitrogens with zero attached hydrogens (tertiary/aromatic N) is 2. The minimum Gasteiger partial charge on any atom is -0.495 e. The highest BCUT2D eigenvalue weighted by molar-refractivity contribution is 7.89. The van der Waals surface area contributed by atoms with Gasteiger partial charge in [-0.2, -0.15) is 0 Å². The van der Waals surface area contributed by atoms with Gasteiger partial charge >= 0.3 is 0 Å². The number of rotatable bonds is 6. The van der Waals surface area contributed by atoms with E-state index in [1.165, 1.54) is 33.3 Å². The van der Waals surface area contributed by atoms with Gasteiger partial charge in [0.15, 0.2) is 0 Å². The molecule has 1 N–H and O–H groups in total. The van der Waals surface area contributed by atoms with Gasteiger partial charge in [-0.15, -0.1) is 12.4 Å². The fourth-order valence-corrected chi connectivity index (χ4v) is 4.09. The Balaban J connectivity index is 0.00000338. The second-order valence-electron chi connectivity index (χ2n) is 6.45. The smallest absolute Gasteiger partial charge is 0.253 e. The minimum atomic E-state index is -3.69. The summed E-state index contributed by atoms with van der Waals surface area (Å²) in [6, 6.07) is 4.57. The van der Waals surface area contributed by atoms with E-state index in [1.54, 1.807) is 11.0 Å². The van der Waals surface area contributed by atoms with E-state index in [0.29, 0.717) is 24.6 Å². The van der Waals surface area contributed by atoms with Crippen molar-refractivity contribution in [1.29, 1.82) is 0 Å². The van der Waals surface area contributed by atoms with Crippen molar-refractivity contribution in [2.24, 2.45) is 5.92 Å². The normalized spacial score (nSPS) is 15.7. The average Bonchev–Trinajstić information content (AvgIpc) is 2.61. The monoisotopic (exact) mass is 405 g/mol. The summed E-state index contributed by atoms with van der Waals surface area (Å²) < 4.78 is 31.3. The molecule has 1 saturated heterocycles. The average molecular weight is 406 g/mol. The Hall–Kier alpha value is -1.35. The van der Waals surface area contributed by atoms with Gasteiger partial charge in [-0.3, -0.25) is 4.79 Å². The second kappa shape index (κ2) is 9.55. The fourth-order valence-electron chi connectivity index (χ4n) is 3.02. The lowest BCUT2D eigenvalue weighted by Crippen LogP contribution is -2.40. The molecule has 2 rings (SSSR count). The first-order valence-electron chi connectivity index (χ1n) is 8.35. The van der Waals surface area contributed by atoms with Crippen LogP contribution in [0.2, 0.25) is 0 Å². The maximum absolute atomic E-state index is 12.8. The molecule has 1 aliphatic rings. The number of amides is 1. The van der Waals surface area contributed by atoms with Crippen molar-refractivity contribution in [3.05, 3.63) is 23.8 Å². The number of benzene rings is 1. The van der Waals surface area contributed by atoms with Gasteiger partial charge in [-0.05, 0) is 50.6 Å². The van der Waals surface area contributed by atoms with Gasteiger partial charge in [0, 0.05) is 32.7 Å². The highest BCUT2D eigenvalue weighted by Crippen LogP contribution is 2.28. The van der Waals surface area contributed by atoms with Crippen molar-refractivity contribution in [2.75, 3.05) is 47.9 Å². The number of nitrogens with one attached hydrogen (secondary N) is 1. The number of ether oxygens (including phenoxy) is 1. The topological polar surface area (TPSA) is 79.0 Å². The molecule has 1 heterocycles. The van der Waals surface area contributed by atoms with Crippen LogP contribution in [0.5, 0.6) is 5.75 Å². The van der Waals surface area contributed by atoms with Crippen LogP contribution in [-0.2, 0) is 10.0 Å². The van der Waals surface area contributed by atoms with Crippen LogP contribution in [0.1, 0.15) is 23.2 Å². The van der Waals surface area contributed by atoms with Crippen molar-refractivity contribution in [3.63, 3.8) is 0 Å². The van der Waals surface area contributed by atoms with Crippen LogP contribution in [0.3, 0.4) is 0 Å². The van der Waals surface area contributed by atoms with Crippen LogP contribution in [0, 0.1) is 5.92 Å². The predicted octanol–water partition coefficient (Wildman–Crippen LogP) is 1.44. The van der Waals surface area contributed by atoms with Crippen molar-refractivity contribution < 1.29 is 17.9 Å². The lowest BCUT2D eigenvalue weighted by atomic mass is 9.96. The number of sulfonamides is 1. The minimum absolute atomic E-state index is 0. The highest BCUT2D eigenvalue weighted by Gasteiger charge is 2.27. The van der Waals surface area contributed by atoms with Gasteiger partial charge in [0.1, 0.15) is 10.6 Å². The van der Waals surface area contributed by atoms with Crippen molar-refractivity contribution >= 4 is 28.3 Å². The predicted molar refractivity (Wildman–Crippen MR) is 104 cm³/mol. The molecule has 1 aliphatic heterocycles. The van der Waals surface area contributed by atoms with Gasteiger partial charge in [0.2, 0.25) is 10.0 Å². The molecule has 0 radical (unpaired) electrons. The first kappa shape index (κ1) is 22.7. The standard InChI is InChI=1S/C17H27N3O4S.ClH/c1-18-12-13-7-9-20(10-8-13)17(21)14-5-6-15(24-4)16(11-14)25(22,23)19(2)3;/h5-6,11,13,18H,7-10,12H2,1-4H3;1H. The van der Waals surface area contributed by atoms with Crippen molar-refractivity contribution in [3.8, 4) is 5.75 Å². The molecule has 0 aliphatic carbocycles. The number of methoxy groups -OCH3 is 1. The van der Waals surface area contributed by atoms with E-state index in [-0.39, 0.29) is 29.0 Å². The maximum atomic E-state index is 12.8. The van der Waals surface area contributed by atoms with Crippen LogP contribution in [0.15, 0.2) is 23.1 Å². The Kier molecular flexibility index (Phi) is 8.33. The van der Waals surface area contributed by atoms with Gasteiger partial charge in [-0.25, -0.2) is 12.7 Å². The third kappa shape index (κ3) is 4.88. The van der Waals surface area contributed by atoms with Gasteiger partial charge in [0.05, 0.1) is 7.11 Å². The Bertz CT molecular complexity index is 717. The molecule has 1 aromatic rings. The number of hydrogen-bond acceptors (Lipinski definition) is 5. The first-order chi connectivity index (χ1) is 11.8. The Labute approximate surface area is 162 Å². The molecule has 26 heavy (non-hydrogen) atoms. The summed E-state index contributed by atoms with van der Waals surface area (Å²) in [6.45, 7) is 2.33. The van der Waals surface area contributed by atoms with Gasteiger partial charge in [-0.1, -0.05) is 0 Å². The summed E-state index contributed by atoms with van der Waals surface area (Å²) in [5.74, 6) is 0.674. The van der Waals surface area contributed by atoms with Gasteiger partial charge < -0.3 is 15.0 Å². The Morgan fingerprint density at radius 3 is 2.42 bits per heavy atom. The molecule has 0 saturated carbocycles. The lowest BCUT2D eigenvalue weighted by Gasteiger charge is -2.32. The number of carbonyl (C=O) groups excluding carboxylic acids is 1. The zero-order chi connectivity index (χ0) is 18.6. The van der Waals surface area contributed by atoms with E-state index in [9.17, 15) is 13.2 Å². The van der Waals surface area contributed by atoms with Crippen molar-refractivity contribution in [2.45, 2.75) is 17.7 Å². The molecule has 148 valence electrons. The van der Waals surface area contributed by atoms with Crippen LogP contribution in [0.25, 0.3) is 0 Å². The largest absolute Gasteiger partial charge is 0.495 e. The molecule has 0 aromatic heterocycles. The number of hydrogen-bond donors (Lipinski definition) is 1. The third-order valence-electron chi connectivity index (χ3n) is 4.56. The van der Waals surface area contributed by atoms with E-state index < -0.39 is 10.0 Å². The highest BCUT2D eigenvalue weighted by atomic mass is 35.5. The number of halogens is 1. The third-order valence-corrected chi connectivity index (χ3v) is 6.40. The summed E-state index contributed by atoms with van der Waals surface area (Å²) in [5, 5.41) is 3.17. The molecule has 1 fully saturated rings. The Morgan fingerprint density at radius 1 is 1.31 bits per heavy atom. The van der Waals surface area contributed by atoms with E-state index in [0.717, 1.165) is 23.7 Å². The second-order valence-corrected chi connectivity index (χ2v) is 8.57. The van der Waals surface area contributed by atoms with Crippen LogP contribution in [0.4, 0.5) is 0 Å². The van der Waals surface area contributed by atoms with Crippen molar-refractivity contribution in [1.82, 2.24) is 14.5 Å². The quantitative estimate of drug-likeness (QED) is 0.774. The zero-order valence-corrected chi connectivity index (χ0v) is 17.3. The van der Waals surface area contributed by atoms with E-state index >= 15 is 0 Å². The molecular weight excluding hydrogens is 378 g/mol. The van der Waals surface area contributed by atoms with E-state index in [1.807, 2.05) is 7.05 Å². The van der Waals surface area contributed by atoms with Gasteiger partial charge in [0.25, 0.3) is 5.91 Å². The molecule has 9 heteroatoms. The van der Waals surface area contributed by atoms with E-state index in [4.69, 9.17) is 4.74 Å². The zero-order valence-electron chi connectivity index (χ0n) is 15.7. The summed E-state index contributed by atoms with van der Waals surface area (Å²) in [4.78, 5) is 14.6. The summed E-state index contributed by atoms with van der Waals surface area (Å²) in [6.07, 6.45) is 1.90. The summed E-state index contributed by atoms with van der Waals surface area (Å²) >= 11 is 0. The lowest BCUT2D eigenvalue weighted by molar-refractivity contribution is 0.0690. The molecular formula is C17H28ClN3O4S. The van der Waals surface area contributed by atoms with Crippen LogP contribution in [-0.4, -0.2) is 71.4 Å². The molecule has 0 spiro atoms. The number of carbonyl (C=O) groups is 1. The summed E-state index contributed by atoms with van der Waals surface area (Å²) in [5.41, 5.74) is 0.369. The Morgan fingerprint density at radius 2 is 1.92 bits per heavy atom. The fraction of sp³-hybridized carbons (Fsp3) is 0.588. The molecule has 1 amide bonds. The van der Waals surface area contributed by atoms with Crippen LogP contribution >= 0.6 is 12.4 Å². The molecule has 7 nitrogen and oxygen atoms in total. The first-order valence-corrected chi connectivity index (χ1v) is 9.79. The molecule has 1 aromatic carbocycles. The van der Waals surface area contributed by atoms with Crippen LogP contribution < -0.4 is 10.1 Å². The SMILES string of the molecule is CNCC1CCN(C(=O)c2ccc(OC)c(S(=O)(=O)N(C)C)c2)CC1.Cl. The molecule has 0 bridgehead atoms. The number of piperidine rings is 1. The number of likely N-dealkylation sites (tertiary alicyclic amines) is 1.